The first kappa shape index (κ1) is 57.9. The third-order valence-electron chi connectivity index (χ3n) is 14.1. The average Bonchev–Trinajstić information content (AvgIpc) is 3.23. The molecule has 0 aromatic heterocycles. The van der Waals surface area contributed by atoms with Gasteiger partial charge in [0.05, 0.1) is 0 Å². The minimum absolute atomic E-state index is 0.151. The van der Waals surface area contributed by atoms with Crippen molar-refractivity contribution < 1.29 is 0 Å². The van der Waals surface area contributed by atoms with Gasteiger partial charge in [0, 0.05) is 11.6 Å². The first-order valence-corrected chi connectivity index (χ1v) is 28.1. The molecule has 0 fully saturated rings. The minimum Gasteiger partial charge on any atom is -0.326 e. The van der Waals surface area contributed by atoms with E-state index >= 15 is 0 Å². The molecule has 0 saturated heterocycles. The van der Waals surface area contributed by atoms with E-state index in [-0.39, 0.29) is 11.6 Å². The molecular formula is C56H116N2. The van der Waals surface area contributed by atoms with Crippen LogP contribution in [-0.4, -0.2) is 11.6 Å². The summed E-state index contributed by atoms with van der Waals surface area (Å²) in [5, 5.41) is 0. The second kappa shape index (κ2) is 49.6. The van der Waals surface area contributed by atoms with Crippen LogP contribution >= 0.6 is 0 Å². The zero-order chi connectivity index (χ0) is 42.1. The normalized spacial score (nSPS) is 12.6. The molecule has 0 amide bonds. The molecule has 0 spiro atoms. The molecular weight excluding hydrogens is 701 g/mol. The van der Waals surface area contributed by atoms with E-state index in [4.69, 9.17) is 11.5 Å². The Morgan fingerprint density at radius 2 is 0.397 bits per heavy atom. The van der Waals surface area contributed by atoms with E-state index in [0.717, 1.165) is 19.3 Å². The number of nitrogens with two attached hydrogens (primary N) is 2. The largest absolute Gasteiger partial charge is 0.326 e. The second-order valence-corrected chi connectivity index (χ2v) is 20.0. The Bertz CT molecular complexity index is 683. The maximum Gasteiger partial charge on any atom is 0.0307 e. The van der Waals surface area contributed by atoms with Crippen LogP contribution in [0.4, 0.5) is 0 Å². The van der Waals surface area contributed by atoms with Gasteiger partial charge in [-0.3, -0.25) is 0 Å². The van der Waals surface area contributed by atoms with Gasteiger partial charge in [-0.05, 0) is 19.3 Å². The molecule has 58 heavy (non-hydrogen) atoms. The standard InChI is InChI=1S/C56H116N2/c1-4-7-10-13-16-19-22-25-28-31-34-37-40-43-46-49-52-55(57)56(58,53-50-47-44-41-38-35-32-29-26-23-20-17-14-11-8-5-2)54-51-48-45-42-39-36-33-30-27-24-21-18-15-12-9-6-3/h55H,4-54,57-58H2,1-3H3. The van der Waals surface area contributed by atoms with Gasteiger partial charge in [-0.1, -0.05) is 329 Å². The van der Waals surface area contributed by atoms with Gasteiger partial charge in [-0.25, -0.2) is 0 Å². The molecule has 0 radical (unpaired) electrons. The number of hydrogen-bond acceptors (Lipinski definition) is 2. The van der Waals surface area contributed by atoms with Crippen LogP contribution in [0.15, 0.2) is 0 Å². The van der Waals surface area contributed by atoms with Gasteiger partial charge in [-0.15, -0.1) is 0 Å². The molecule has 2 heteroatoms. The van der Waals surface area contributed by atoms with Gasteiger partial charge in [0.15, 0.2) is 0 Å². The lowest BCUT2D eigenvalue weighted by Crippen LogP contribution is -2.55. The van der Waals surface area contributed by atoms with Gasteiger partial charge >= 0.3 is 0 Å². The van der Waals surface area contributed by atoms with Crippen LogP contribution in [0.2, 0.25) is 0 Å². The molecule has 1 unspecified atom stereocenters. The van der Waals surface area contributed by atoms with Crippen LogP contribution in [-0.2, 0) is 0 Å². The third kappa shape index (κ3) is 44.0. The summed E-state index contributed by atoms with van der Waals surface area (Å²) in [6.45, 7) is 6.94. The topological polar surface area (TPSA) is 52.0 Å². The van der Waals surface area contributed by atoms with E-state index in [1.165, 1.54) is 308 Å². The lowest BCUT2D eigenvalue weighted by atomic mass is 9.79. The molecule has 0 aromatic carbocycles. The zero-order valence-electron chi connectivity index (χ0n) is 41.3. The van der Waals surface area contributed by atoms with Gasteiger partial charge in [-0.2, -0.15) is 0 Å². The van der Waals surface area contributed by atoms with Crippen LogP contribution in [0, 0.1) is 0 Å². The number of unbranched alkanes of at least 4 members (excludes halogenated alkanes) is 45. The van der Waals surface area contributed by atoms with Crippen LogP contribution in [0.1, 0.15) is 348 Å². The fourth-order valence-electron chi connectivity index (χ4n) is 9.70. The highest BCUT2D eigenvalue weighted by atomic mass is 14.9. The summed E-state index contributed by atoms with van der Waals surface area (Å²) in [4.78, 5) is 0. The van der Waals surface area contributed by atoms with Crippen molar-refractivity contribution in [2.45, 2.75) is 360 Å². The molecule has 0 bridgehead atoms. The molecule has 1 atom stereocenters. The summed E-state index contributed by atoms with van der Waals surface area (Å²) in [7, 11) is 0. The molecule has 0 aromatic rings. The fraction of sp³-hybridized carbons (Fsp3) is 1.00. The Balaban J connectivity index is 4.20. The molecule has 4 N–H and O–H groups in total. The summed E-state index contributed by atoms with van der Waals surface area (Å²) < 4.78 is 0. The van der Waals surface area contributed by atoms with Crippen LogP contribution in [0.5, 0.6) is 0 Å². The van der Waals surface area contributed by atoms with Crippen LogP contribution < -0.4 is 11.5 Å². The summed E-state index contributed by atoms with van der Waals surface area (Å²) in [5.74, 6) is 0. The first-order chi connectivity index (χ1) is 28.6. The SMILES string of the molecule is CCCCCCCCCCCCCCCCCCC(N)C(N)(CCCCCCCCCCCCCCCCCC)CCCCCCCCCCCCCCCCCC. The smallest absolute Gasteiger partial charge is 0.0307 e. The van der Waals surface area contributed by atoms with Crippen LogP contribution in [0.25, 0.3) is 0 Å². The predicted molar refractivity (Wildman–Crippen MR) is 267 cm³/mol. The number of rotatable bonds is 52. The van der Waals surface area contributed by atoms with Gasteiger partial charge in [0.2, 0.25) is 0 Å². The van der Waals surface area contributed by atoms with Gasteiger partial charge < -0.3 is 11.5 Å². The van der Waals surface area contributed by atoms with Gasteiger partial charge in [0.1, 0.15) is 0 Å². The molecule has 0 aliphatic heterocycles. The Hall–Kier alpha value is -0.0800. The molecule has 0 heterocycles. The minimum atomic E-state index is -0.151. The Morgan fingerprint density at radius 1 is 0.241 bits per heavy atom. The maximum absolute atomic E-state index is 7.30. The molecule has 0 aliphatic carbocycles. The highest BCUT2D eigenvalue weighted by molar-refractivity contribution is 4.94. The van der Waals surface area contributed by atoms with Crippen molar-refractivity contribution in [1.29, 1.82) is 0 Å². The maximum atomic E-state index is 7.30. The third-order valence-corrected chi connectivity index (χ3v) is 14.1. The van der Waals surface area contributed by atoms with E-state index in [1.807, 2.05) is 0 Å². The molecule has 0 aliphatic rings. The van der Waals surface area contributed by atoms with Crippen molar-refractivity contribution in [1.82, 2.24) is 0 Å². The van der Waals surface area contributed by atoms with Crippen molar-refractivity contribution in [3.05, 3.63) is 0 Å². The van der Waals surface area contributed by atoms with Crippen molar-refractivity contribution in [3.63, 3.8) is 0 Å². The summed E-state index contributed by atoms with van der Waals surface area (Å²) in [5.41, 5.74) is 14.2. The molecule has 350 valence electrons. The highest BCUT2D eigenvalue weighted by Gasteiger charge is 2.31. The van der Waals surface area contributed by atoms with E-state index in [9.17, 15) is 0 Å². The van der Waals surface area contributed by atoms with Gasteiger partial charge in [0.25, 0.3) is 0 Å². The van der Waals surface area contributed by atoms with Crippen molar-refractivity contribution in [2.75, 3.05) is 0 Å². The number of hydrogen-bond donors (Lipinski definition) is 2. The average molecular weight is 818 g/mol. The summed E-state index contributed by atoms with van der Waals surface area (Å²) in [6.07, 6.45) is 71.8. The summed E-state index contributed by atoms with van der Waals surface area (Å²) >= 11 is 0. The Morgan fingerprint density at radius 3 is 0.586 bits per heavy atom. The lowest BCUT2D eigenvalue weighted by molar-refractivity contribution is 0.263. The second-order valence-electron chi connectivity index (χ2n) is 20.0. The van der Waals surface area contributed by atoms with E-state index in [2.05, 4.69) is 20.8 Å². The monoisotopic (exact) mass is 817 g/mol. The fourth-order valence-corrected chi connectivity index (χ4v) is 9.70. The van der Waals surface area contributed by atoms with E-state index in [0.29, 0.717) is 0 Å². The Kier molecular flexibility index (Phi) is 49.5. The zero-order valence-corrected chi connectivity index (χ0v) is 41.3. The molecule has 0 rings (SSSR count). The highest BCUT2D eigenvalue weighted by Crippen LogP contribution is 2.27. The first-order valence-electron chi connectivity index (χ1n) is 28.1. The van der Waals surface area contributed by atoms with E-state index in [1.54, 1.807) is 0 Å². The van der Waals surface area contributed by atoms with E-state index < -0.39 is 0 Å². The lowest BCUT2D eigenvalue weighted by Gasteiger charge is -2.36. The van der Waals surface area contributed by atoms with Crippen molar-refractivity contribution in [2.24, 2.45) is 11.5 Å². The van der Waals surface area contributed by atoms with Crippen molar-refractivity contribution in [3.8, 4) is 0 Å². The Labute approximate surface area is 369 Å². The predicted octanol–water partition coefficient (Wildman–Crippen LogP) is 20.0. The molecule has 0 saturated carbocycles. The van der Waals surface area contributed by atoms with Crippen molar-refractivity contribution >= 4 is 0 Å². The summed E-state index contributed by atoms with van der Waals surface area (Å²) in [6, 6.07) is 0.173. The van der Waals surface area contributed by atoms with Crippen LogP contribution in [0.3, 0.4) is 0 Å². The quantitative estimate of drug-likeness (QED) is 0.0601. The molecule has 2 nitrogen and oxygen atoms in total.